The molecule has 1 aliphatic rings. The Morgan fingerprint density at radius 2 is 1.88 bits per heavy atom. The molecule has 130 valence electrons. The lowest BCUT2D eigenvalue weighted by molar-refractivity contribution is -0.147. The zero-order valence-corrected chi connectivity index (χ0v) is 14.6. The van der Waals surface area contributed by atoms with Crippen LogP contribution >= 0.6 is 0 Å². The number of esters is 1. The van der Waals surface area contributed by atoms with Crippen molar-refractivity contribution >= 4 is 11.9 Å². The molecule has 0 radical (unpaired) electrons. The van der Waals surface area contributed by atoms with E-state index in [0.717, 1.165) is 24.1 Å². The second kappa shape index (κ2) is 7.47. The molecule has 1 unspecified atom stereocenters. The second-order valence-corrected chi connectivity index (χ2v) is 6.23. The van der Waals surface area contributed by atoms with Crippen molar-refractivity contribution in [3.63, 3.8) is 0 Å². The van der Waals surface area contributed by atoms with Crippen LogP contribution in [0.2, 0.25) is 0 Å². The molecule has 3 rings (SSSR count). The number of hydrogen-bond acceptors (Lipinski definition) is 4. The maximum atomic E-state index is 13.0. The van der Waals surface area contributed by atoms with Gasteiger partial charge in [0.05, 0.1) is 24.1 Å². The number of carbonyl (C=O) groups is 2. The monoisotopic (exact) mass is 338 g/mol. The largest absolute Gasteiger partial charge is 0.467 e. The first kappa shape index (κ1) is 17.1. The Morgan fingerprint density at radius 1 is 1.12 bits per heavy atom. The summed E-state index contributed by atoms with van der Waals surface area (Å²) >= 11 is 0. The summed E-state index contributed by atoms with van der Waals surface area (Å²) in [6.07, 6.45) is 2.47. The van der Waals surface area contributed by atoms with Crippen LogP contribution in [0.15, 0.2) is 42.5 Å². The van der Waals surface area contributed by atoms with Gasteiger partial charge in [-0.1, -0.05) is 30.3 Å². The lowest BCUT2D eigenvalue weighted by atomic mass is 10.00. The van der Waals surface area contributed by atoms with Crippen molar-refractivity contribution < 1.29 is 14.3 Å². The highest BCUT2D eigenvalue weighted by Crippen LogP contribution is 2.23. The standard InChI is InChI=1S/C20H22N2O3/c1-14-16(11-12-17(21-14)15-8-4-3-5-9-15)19(23)22-13-7-6-10-18(22)20(24)25-2/h3-5,8-9,11-12,18H,6-7,10,13H2,1-2H3. The van der Waals surface area contributed by atoms with Crippen LogP contribution < -0.4 is 0 Å². The molecule has 5 nitrogen and oxygen atoms in total. The van der Waals surface area contributed by atoms with Crippen LogP contribution in [0.1, 0.15) is 35.3 Å². The van der Waals surface area contributed by atoms with Crippen molar-refractivity contribution in [2.45, 2.75) is 32.2 Å². The molecule has 5 heteroatoms. The van der Waals surface area contributed by atoms with E-state index in [4.69, 9.17) is 4.74 Å². The minimum Gasteiger partial charge on any atom is -0.467 e. The number of rotatable bonds is 3. The van der Waals surface area contributed by atoms with Gasteiger partial charge in [-0.3, -0.25) is 9.78 Å². The van der Waals surface area contributed by atoms with E-state index < -0.39 is 6.04 Å². The SMILES string of the molecule is COC(=O)C1CCCCN1C(=O)c1ccc(-c2ccccc2)nc1C. The van der Waals surface area contributed by atoms with Crippen molar-refractivity contribution in [2.24, 2.45) is 0 Å². The number of nitrogens with zero attached hydrogens (tertiary/aromatic N) is 2. The Hall–Kier alpha value is -2.69. The van der Waals surface area contributed by atoms with Gasteiger partial charge in [0.25, 0.3) is 5.91 Å². The number of amides is 1. The van der Waals surface area contributed by atoms with E-state index in [1.165, 1.54) is 7.11 Å². The molecule has 0 saturated carbocycles. The molecule has 0 bridgehead atoms. The first-order valence-electron chi connectivity index (χ1n) is 8.53. The number of hydrogen-bond donors (Lipinski definition) is 0. The predicted molar refractivity (Wildman–Crippen MR) is 95.1 cm³/mol. The summed E-state index contributed by atoms with van der Waals surface area (Å²) in [5, 5.41) is 0. The first-order chi connectivity index (χ1) is 12.1. The summed E-state index contributed by atoms with van der Waals surface area (Å²) in [5.41, 5.74) is 3.05. The van der Waals surface area contributed by atoms with Crippen molar-refractivity contribution in [3.8, 4) is 11.3 Å². The number of methoxy groups -OCH3 is 1. The van der Waals surface area contributed by atoms with Crippen LogP contribution in [0.4, 0.5) is 0 Å². The van der Waals surface area contributed by atoms with E-state index in [-0.39, 0.29) is 11.9 Å². The smallest absolute Gasteiger partial charge is 0.328 e. The number of pyridine rings is 1. The Balaban J connectivity index is 1.88. The van der Waals surface area contributed by atoms with Gasteiger partial charge in [-0.2, -0.15) is 0 Å². The molecule has 0 N–H and O–H groups in total. The molecule has 1 amide bonds. The van der Waals surface area contributed by atoms with Gasteiger partial charge in [0.2, 0.25) is 0 Å². The first-order valence-corrected chi connectivity index (χ1v) is 8.53. The third kappa shape index (κ3) is 3.55. The van der Waals surface area contributed by atoms with Gasteiger partial charge in [0, 0.05) is 12.1 Å². The van der Waals surface area contributed by atoms with Crippen LogP contribution in [0, 0.1) is 6.92 Å². The third-order valence-electron chi connectivity index (χ3n) is 4.62. The minimum atomic E-state index is -0.501. The minimum absolute atomic E-state index is 0.153. The number of likely N-dealkylation sites (tertiary alicyclic amines) is 1. The molecule has 1 saturated heterocycles. The third-order valence-corrected chi connectivity index (χ3v) is 4.62. The summed E-state index contributed by atoms with van der Waals surface area (Å²) in [6.45, 7) is 2.40. The predicted octanol–water partition coefficient (Wildman–Crippen LogP) is 3.22. The Bertz CT molecular complexity index is 774. The highest BCUT2D eigenvalue weighted by atomic mass is 16.5. The van der Waals surface area contributed by atoms with E-state index in [0.29, 0.717) is 24.2 Å². The summed E-state index contributed by atoms with van der Waals surface area (Å²) in [7, 11) is 1.36. The van der Waals surface area contributed by atoms with Gasteiger partial charge in [-0.15, -0.1) is 0 Å². The number of benzene rings is 1. The maximum Gasteiger partial charge on any atom is 0.328 e. The van der Waals surface area contributed by atoms with Crippen LogP contribution in [-0.4, -0.2) is 41.5 Å². The molecule has 0 aliphatic carbocycles. The number of carbonyl (C=O) groups excluding carboxylic acids is 2. The molecule has 0 spiro atoms. The maximum absolute atomic E-state index is 13.0. The number of aromatic nitrogens is 1. The average molecular weight is 338 g/mol. The van der Waals surface area contributed by atoms with Crippen LogP contribution in [0.5, 0.6) is 0 Å². The van der Waals surface area contributed by atoms with Gasteiger partial charge in [0.15, 0.2) is 0 Å². The molecule has 1 aromatic carbocycles. The van der Waals surface area contributed by atoms with Crippen molar-refractivity contribution in [1.29, 1.82) is 0 Å². The van der Waals surface area contributed by atoms with E-state index >= 15 is 0 Å². The summed E-state index contributed by atoms with van der Waals surface area (Å²) < 4.78 is 4.86. The average Bonchev–Trinajstić information content (AvgIpc) is 2.67. The molecule has 2 heterocycles. The lowest BCUT2D eigenvalue weighted by Gasteiger charge is -2.34. The van der Waals surface area contributed by atoms with Crippen LogP contribution in [0.25, 0.3) is 11.3 Å². The van der Waals surface area contributed by atoms with E-state index in [1.807, 2.05) is 43.3 Å². The molecule has 1 aliphatic heterocycles. The Kier molecular flexibility index (Phi) is 5.12. The highest BCUT2D eigenvalue weighted by molar-refractivity contribution is 5.98. The van der Waals surface area contributed by atoms with E-state index in [2.05, 4.69) is 4.98 Å². The van der Waals surface area contributed by atoms with Gasteiger partial charge in [-0.05, 0) is 38.3 Å². The Morgan fingerprint density at radius 3 is 2.56 bits per heavy atom. The number of piperidine rings is 1. The fraction of sp³-hybridized carbons (Fsp3) is 0.350. The van der Waals surface area contributed by atoms with Crippen LogP contribution in [0.3, 0.4) is 0 Å². The molecule has 1 atom stereocenters. The lowest BCUT2D eigenvalue weighted by Crippen LogP contribution is -2.48. The topological polar surface area (TPSA) is 59.5 Å². The van der Waals surface area contributed by atoms with Crippen molar-refractivity contribution in [3.05, 3.63) is 53.7 Å². The zero-order chi connectivity index (χ0) is 17.8. The molecule has 25 heavy (non-hydrogen) atoms. The van der Waals surface area contributed by atoms with Gasteiger partial charge < -0.3 is 9.64 Å². The van der Waals surface area contributed by atoms with Gasteiger partial charge >= 0.3 is 5.97 Å². The quantitative estimate of drug-likeness (QED) is 0.806. The van der Waals surface area contributed by atoms with Crippen molar-refractivity contribution in [1.82, 2.24) is 9.88 Å². The van der Waals surface area contributed by atoms with Crippen LogP contribution in [-0.2, 0) is 9.53 Å². The summed E-state index contributed by atoms with van der Waals surface area (Å²) in [5.74, 6) is -0.501. The molecular formula is C20H22N2O3. The van der Waals surface area contributed by atoms with Gasteiger partial charge in [-0.25, -0.2) is 4.79 Å². The van der Waals surface area contributed by atoms with Crippen molar-refractivity contribution in [2.75, 3.05) is 13.7 Å². The fourth-order valence-electron chi connectivity index (χ4n) is 3.27. The normalized spacial score (nSPS) is 17.2. The van der Waals surface area contributed by atoms with E-state index in [9.17, 15) is 9.59 Å². The molecule has 1 fully saturated rings. The molecular weight excluding hydrogens is 316 g/mol. The Labute approximate surface area is 147 Å². The number of ether oxygens (including phenoxy) is 1. The molecule has 2 aromatic rings. The highest BCUT2D eigenvalue weighted by Gasteiger charge is 2.34. The fourth-order valence-corrected chi connectivity index (χ4v) is 3.27. The zero-order valence-electron chi connectivity index (χ0n) is 14.6. The van der Waals surface area contributed by atoms with E-state index in [1.54, 1.807) is 11.0 Å². The summed E-state index contributed by atoms with van der Waals surface area (Å²) in [6, 6.07) is 13.0. The second-order valence-electron chi connectivity index (χ2n) is 6.23. The van der Waals surface area contributed by atoms with Gasteiger partial charge in [0.1, 0.15) is 6.04 Å². The summed E-state index contributed by atoms with van der Waals surface area (Å²) in [4.78, 5) is 31.2. The molecule has 1 aromatic heterocycles. The number of aryl methyl sites for hydroxylation is 1.